The fraction of sp³-hybridized carbons (Fsp3) is 0.467. The van der Waals surface area contributed by atoms with Gasteiger partial charge in [0.25, 0.3) is 5.56 Å². The standard InChI is InChI=1S/C15H21N5O/c1-10-9-19(2)6-3-7-20(10)15-17-13-5-4-11(16)8-12(13)14(21)18-15/h4-5,8,10H,3,6-7,9,16H2,1-2H3,(H,17,18,21). The largest absolute Gasteiger partial charge is 0.399 e. The first-order valence-corrected chi connectivity index (χ1v) is 7.29. The van der Waals surface area contributed by atoms with Gasteiger partial charge in [0.05, 0.1) is 10.9 Å². The van der Waals surface area contributed by atoms with Crippen LogP contribution in [0.2, 0.25) is 0 Å². The van der Waals surface area contributed by atoms with Crippen molar-refractivity contribution in [3.63, 3.8) is 0 Å². The van der Waals surface area contributed by atoms with Crippen molar-refractivity contribution in [2.75, 3.05) is 37.3 Å². The zero-order valence-corrected chi connectivity index (χ0v) is 12.5. The number of hydrogen-bond donors (Lipinski definition) is 2. The first-order valence-electron chi connectivity index (χ1n) is 7.29. The first kappa shape index (κ1) is 13.9. The van der Waals surface area contributed by atoms with Crippen molar-refractivity contribution in [1.29, 1.82) is 0 Å². The smallest absolute Gasteiger partial charge is 0.260 e. The third kappa shape index (κ3) is 2.71. The van der Waals surface area contributed by atoms with E-state index < -0.39 is 0 Å². The zero-order chi connectivity index (χ0) is 15.0. The number of hydrogen-bond acceptors (Lipinski definition) is 5. The lowest BCUT2D eigenvalue weighted by Crippen LogP contribution is -2.39. The number of nitrogens with zero attached hydrogens (tertiary/aromatic N) is 3. The number of rotatable bonds is 1. The Labute approximate surface area is 123 Å². The predicted molar refractivity (Wildman–Crippen MR) is 85.7 cm³/mol. The third-order valence-corrected chi connectivity index (χ3v) is 4.04. The highest BCUT2D eigenvalue weighted by molar-refractivity contribution is 5.81. The second-order valence-electron chi connectivity index (χ2n) is 5.82. The number of aromatic nitrogens is 2. The molecule has 1 fully saturated rings. The molecule has 1 unspecified atom stereocenters. The Morgan fingerprint density at radius 2 is 2.19 bits per heavy atom. The molecular weight excluding hydrogens is 266 g/mol. The van der Waals surface area contributed by atoms with Gasteiger partial charge in [-0.15, -0.1) is 0 Å². The van der Waals surface area contributed by atoms with Gasteiger partial charge >= 0.3 is 0 Å². The van der Waals surface area contributed by atoms with Crippen LogP contribution in [-0.2, 0) is 0 Å². The van der Waals surface area contributed by atoms with E-state index >= 15 is 0 Å². The first-order chi connectivity index (χ1) is 10.0. The van der Waals surface area contributed by atoms with Crippen molar-refractivity contribution in [3.05, 3.63) is 28.6 Å². The van der Waals surface area contributed by atoms with Crippen molar-refractivity contribution in [1.82, 2.24) is 14.9 Å². The lowest BCUT2D eigenvalue weighted by Gasteiger charge is -2.28. The maximum atomic E-state index is 12.3. The molecular formula is C15H21N5O. The summed E-state index contributed by atoms with van der Waals surface area (Å²) in [5.74, 6) is 0.653. The Kier molecular flexibility index (Phi) is 3.55. The van der Waals surface area contributed by atoms with Gasteiger partial charge in [-0.25, -0.2) is 4.98 Å². The fourth-order valence-corrected chi connectivity index (χ4v) is 2.97. The SMILES string of the molecule is CC1CN(C)CCCN1c1nc2ccc(N)cc2c(=O)[nH]1. The molecule has 0 amide bonds. The number of benzene rings is 1. The molecule has 1 saturated heterocycles. The summed E-state index contributed by atoms with van der Waals surface area (Å²) in [6.45, 7) is 5.09. The van der Waals surface area contributed by atoms with E-state index in [1.54, 1.807) is 18.2 Å². The van der Waals surface area contributed by atoms with E-state index in [0.717, 1.165) is 26.1 Å². The maximum Gasteiger partial charge on any atom is 0.260 e. The average molecular weight is 287 g/mol. The molecule has 0 bridgehead atoms. The summed E-state index contributed by atoms with van der Waals surface area (Å²) in [6, 6.07) is 5.56. The molecule has 6 heteroatoms. The molecule has 1 aromatic carbocycles. The van der Waals surface area contributed by atoms with Crippen LogP contribution >= 0.6 is 0 Å². The normalized spacial score (nSPS) is 20.7. The molecule has 0 saturated carbocycles. The van der Waals surface area contributed by atoms with Crippen LogP contribution < -0.4 is 16.2 Å². The number of fused-ring (bicyclic) bond motifs is 1. The van der Waals surface area contributed by atoms with E-state index in [1.807, 2.05) is 0 Å². The molecule has 1 aromatic heterocycles. The lowest BCUT2D eigenvalue weighted by molar-refractivity contribution is 0.337. The summed E-state index contributed by atoms with van der Waals surface area (Å²) >= 11 is 0. The second-order valence-corrected chi connectivity index (χ2v) is 5.82. The summed E-state index contributed by atoms with van der Waals surface area (Å²) in [4.78, 5) is 24.3. The Morgan fingerprint density at radius 3 is 3.00 bits per heavy atom. The Bertz CT molecular complexity index is 711. The van der Waals surface area contributed by atoms with Gasteiger partial charge in [0.1, 0.15) is 0 Å². The van der Waals surface area contributed by atoms with Crippen LogP contribution in [0.4, 0.5) is 11.6 Å². The number of nitrogen functional groups attached to an aromatic ring is 1. The summed E-state index contributed by atoms with van der Waals surface area (Å²) in [5, 5.41) is 0.540. The lowest BCUT2D eigenvalue weighted by atomic mass is 10.2. The quantitative estimate of drug-likeness (QED) is 0.766. The zero-order valence-electron chi connectivity index (χ0n) is 12.5. The van der Waals surface area contributed by atoms with Crippen LogP contribution in [0.1, 0.15) is 13.3 Å². The van der Waals surface area contributed by atoms with Crippen LogP contribution in [0.25, 0.3) is 10.9 Å². The molecule has 0 spiro atoms. The van der Waals surface area contributed by atoms with Gasteiger partial charge in [0.15, 0.2) is 0 Å². The summed E-state index contributed by atoms with van der Waals surface area (Å²) in [6.07, 6.45) is 1.06. The highest BCUT2D eigenvalue weighted by Gasteiger charge is 2.22. The third-order valence-electron chi connectivity index (χ3n) is 4.04. The van der Waals surface area contributed by atoms with Crippen molar-refractivity contribution < 1.29 is 0 Å². The van der Waals surface area contributed by atoms with Gasteiger partial charge in [-0.1, -0.05) is 0 Å². The van der Waals surface area contributed by atoms with Crippen molar-refractivity contribution in [2.45, 2.75) is 19.4 Å². The molecule has 2 aromatic rings. The van der Waals surface area contributed by atoms with Crippen LogP contribution in [0.15, 0.2) is 23.0 Å². The molecule has 3 rings (SSSR count). The van der Waals surface area contributed by atoms with Crippen LogP contribution in [0.5, 0.6) is 0 Å². The Morgan fingerprint density at radius 1 is 1.38 bits per heavy atom. The average Bonchev–Trinajstić information content (AvgIpc) is 2.60. The molecule has 3 N–H and O–H groups in total. The predicted octanol–water partition coefficient (Wildman–Crippen LogP) is 1.04. The molecule has 1 aliphatic heterocycles. The summed E-state index contributed by atoms with van der Waals surface area (Å²) in [5.41, 5.74) is 6.87. The van der Waals surface area contributed by atoms with Gasteiger partial charge in [-0.05, 0) is 45.1 Å². The van der Waals surface area contributed by atoms with Gasteiger partial charge in [-0.2, -0.15) is 0 Å². The molecule has 112 valence electrons. The minimum Gasteiger partial charge on any atom is -0.399 e. The van der Waals surface area contributed by atoms with E-state index in [1.165, 1.54) is 0 Å². The fourth-order valence-electron chi connectivity index (χ4n) is 2.97. The number of nitrogens with two attached hydrogens (primary N) is 1. The van der Waals surface area contributed by atoms with Gasteiger partial charge < -0.3 is 15.5 Å². The summed E-state index contributed by atoms with van der Waals surface area (Å²) < 4.78 is 0. The van der Waals surface area contributed by atoms with Gasteiger partial charge in [0, 0.05) is 24.8 Å². The van der Waals surface area contributed by atoms with Gasteiger partial charge in [0.2, 0.25) is 5.95 Å². The molecule has 21 heavy (non-hydrogen) atoms. The number of aromatic amines is 1. The van der Waals surface area contributed by atoms with E-state index in [-0.39, 0.29) is 5.56 Å². The molecule has 2 heterocycles. The summed E-state index contributed by atoms with van der Waals surface area (Å²) in [7, 11) is 2.12. The molecule has 0 radical (unpaired) electrons. The highest BCUT2D eigenvalue weighted by Crippen LogP contribution is 2.18. The van der Waals surface area contributed by atoms with Crippen molar-refractivity contribution in [3.8, 4) is 0 Å². The topological polar surface area (TPSA) is 78.2 Å². The molecule has 1 aliphatic rings. The van der Waals surface area contributed by atoms with Gasteiger partial charge in [-0.3, -0.25) is 9.78 Å². The molecule has 0 aliphatic carbocycles. The number of nitrogens with one attached hydrogen (secondary N) is 1. The molecule has 1 atom stereocenters. The highest BCUT2D eigenvalue weighted by atomic mass is 16.1. The minimum atomic E-state index is -0.132. The second kappa shape index (κ2) is 5.37. The Hall–Kier alpha value is -2.08. The maximum absolute atomic E-state index is 12.3. The number of H-pyrrole nitrogens is 1. The number of likely N-dealkylation sites (N-methyl/N-ethyl adjacent to an activating group) is 1. The van der Waals surface area contributed by atoms with E-state index in [4.69, 9.17) is 5.73 Å². The van der Waals surface area contributed by atoms with Crippen LogP contribution in [-0.4, -0.2) is 47.6 Å². The van der Waals surface area contributed by atoms with Crippen LogP contribution in [0.3, 0.4) is 0 Å². The number of anilines is 2. The van der Waals surface area contributed by atoms with E-state index in [0.29, 0.717) is 28.6 Å². The van der Waals surface area contributed by atoms with E-state index in [2.05, 4.69) is 33.7 Å². The van der Waals surface area contributed by atoms with Crippen molar-refractivity contribution >= 4 is 22.5 Å². The monoisotopic (exact) mass is 287 g/mol. The Balaban J connectivity index is 2.04. The van der Waals surface area contributed by atoms with Crippen LogP contribution in [0, 0.1) is 0 Å². The van der Waals surface area contributed by atoms with E-state index in [9.17, 15) is 4.79 Å². The van der Waals surface area contributed by atoms with Crippen molar-refractivity contribution in [2.24, 2.45) is 0 Å². The molecule has 6 nitrogen and oxygen atoms in total. The minimum absolute atomic E-state index is 0.132.